The molecule has 1 aliphatic heterocycles. The van der Waals surface area contributed by atoms with Crippen molar-refractivity contribution in [1.82, 2.24) is 10.2 Å². The molecule has 0 unspecified atom stereocenters. The third-order valence-electron chi connectivity index (χ3n) is 4.09. The Kier molecular flexibility index (Phi) is 4.19. The van der Waals surface area contributed by atoms with Crippen LogP contribution in [0.15, 0.2) is 40.8 Å². The second kappa shape index (κ2) is 6.32. The zero-order valence-electron chi connectivity index (χ0n) is 13.9. The lowest BCUT2D eigenvalue weighted by Gasteiger charge is -2.19. The highest BCUT2D eigenvalue weighted by Crippen LogP contribution is 2.30. The van der Waals surface area contributed by atoms with Crippen LogP contribution in [0.4, 0.5) is 4.79 Å². The minimum absolute atomic E-state index is 0.0692. The second-order valence-corrected chi connectivity index (χ2v) is 5.88. The van der Waals surface area contributed by atoms with Gasteiger partial charge in [0, 0.05) is 0 Å². The summed E-state index contributed by atoms with van der Waals surface area (Å²) in [4.78, 5) is 26.0. The number of ether oxygens (including phenoxy) is 1. The number of nitriles is 1. The molecular weight excluding hydrogens is 322 g/mol. The van der Waals surface area contributed by atoms with Gasteiger partial charge < -0.3 is 14.5 Å². The molecule has 0 bridgehead atoms. The number of hydrogen-bond donors (Lipinski definition) is 1. The molecule has 1 N–H and O–H groups in total. The third-order valence-corrected chi connectivity index (χ3v) is 4.09. The summed E-state index contributed by atoms with van der Waals surface area (Å²) in [7, 11) is 0. The average Bonchev–Trinajstić information content (AvgIpc) is 3.13. The molecule has 0 spiro atoms. The van der Waals surface area contributed by atoms with Gasteiger partial charge in [-0.05, 0) is 38.1 Å². The Morgan fingerprint density at radius 1 is 1.28 bits per heavy atom. The van der Waals surface area contributed by atoms with Crippen LogP contribution in [-0.2, 0) is 10.3 Å². The van der Waals surface area contributed by atoms with Crippen molar-refractivity contribution in [2.45, 2.75) is 19.4 Å². The number of furan rings is 1. The number of carbonyl (C=O) groups is 2. The van der Waals surface area contributed by atoms with E-state index in [0.717, 1.165) is 4.90 Å². The summed E-state index contributed by atoms with van der Waals surface area (Å²) < 4.78 is 11.1. The fourth-order valence-corrected chi connectivity index (χ4v) is 2.70. The van der Waals surface area contributed by atoms with E-state index in [1.807, 2.05) is 6.07 Å². The molecule has 25 heavy (non-hydrogen) atoms. The molecule has 0 saturated carbocycles. The zero-order chi connectivity index (χ0) is 18.0. The molecule has 128 valence electrons. The van der Waals surface area contributed by atoms with Crippen LogP contribution >= 0.6 is 0 Å². The summed E-state index contributed by atoms with van der Waals surface area (Å²) in [6.07, 6.45) is 0. The molecule has 1 fully saturated rings. The van der Waals surface area contributed by atoms with Gasteiger partial charge in [0.15, 0.2) is 5.54 Å². The van der Waals surface area contributed by atoms with Gasteiger partial charge in [-0.1, -0.05) is 12.1 Å². The number of urea groups is 1. The first-order valence-corrected chi connectivity index (χ1v) is 7.78. The zero-order valence-corrected chi connectivity index (χ0v) is 13.9. The Bertz CT molecular complexity index is 867. The summed E-state index contributed by atoms with van der Waals surface area (Å²) in [5.74, 6) is 1.07. The van der Waals surface area contributed by atoms with E-state index in [0.29, 0.717) is 22.8 Å². The van der Waals surface area contributed by atoms with Crippen molar-refractivity contribution in [1.29, 1.82) is 5.26 Å². The molecule has 2 heterocycles. The highest BCUT2D eigenvalue weighted by atomic mass is 16.5. The minimum Gasteiger partial charge on any atom is -0.490 e. The Morgan fingerprint density at radius 3 is 2.72 bits per heavy atom. The predicted molar refractivity (Wildman–Crippen MR) is 87.7 cm³/mol. The lowest BCUT2D eigenvalue weighted by molar-refractivity contribution is -0.131. The quantitative estimate of drug-likeness (QED) is 0.843. The number of rotatable bonds is 5. The lowest BCUT2D eigenvalue weighted by Crippen LogP contribution is -2.41. The Hall–Kier alpha value is -3.27. The van der Waals surface area contributed by atoms with E-state index in [1.165, 1.54) is 0 Å². The SMILES string of the molecule is Cc1ccc([C@]2(C)NC(=O)N(CCOc3ccccc3C#N)C2=O)o1. The molecule has 1 aromatic carbocycles. The number of hydrogen-bond acceptors (Lipinski definition) is 5. The molecule has 1 aromatic heterocycles. The fourth-order valence-electron chi connectivity index (χ4n) is 2.70. The Morgan fingerprint density at radius 2 is 2.04 bits per heavy atom. The molecule has 0 radical (unpaired) electrons. The standard InChI is InChI=1S/C18H17N3O4/c1-12-7-8-15(25-12)18(2)16(22)21(17(23)20-18)9-10-24-14-6-4-3-5-13(14)11-19/h3-8H,9-10H2,1-2H3,(H,20,23)/t18-/m0/s1. The minimum atomic E-state index is -1.23. The monoisotopic (exact) mass is 339 g/mol. The van der Waals surface area contributed by atoms with E-state index in [-0.39, 0.29) is 13.2 Å². The second-order valence-electron chi connectivity index (χ2n) is 5.88. The summed E-state index contributed by atoms with van der Waals surface area (Å²) in [6.45, 7) is 3.54. The molecular formula is C18H17N3O4. The first kappa shape index (κ1) is 16.6. The van der Waals surface area contributed by atoms with Gasteiger partial charge in [-0.2, -0.15) is 5.26 Å². The maximum atomic E-state index is 12.7. The maximum absolute atomic E-state index is 12.7. The number of imide groups is 1. The summed E-state index contributed by atoms with van der Waals surface area (Å²) in [5.41, 5.74) is -0.828. The molecule has 1 saturated heterocycles. The highest BCUT2D eigenvalue weighted by Gasteiger charge is 2.50. The third kappa shape index (κ3) is 2.94. The van der Waals surface area contributed by atoms with Crippen molar-refractivity contribution in [2.24, 2.45) is 0 Å². The normalized spacial score (nSPS) is 19.6. The largest absolute Gasteiger partial charge is 0.490 e. The van der Waals surface area contributed by atoms with Crippen LogP contribution in [0.5, 0.6) is 5.75 Å². The molecule has 2 aromatic rings. The van der Waals surface area contributed by atoms with Crippen molar-refractivity contribution >= 4 is 11.9 Å². The number of aryl methyl sites for hydroxylation is 1. The average molecular weight is 339 g/mol. The van der Waals surface area contributed by atoms with Gasteiger partial charge >= 0.3 is 6.03 Å². The Balaban J connectivity index is 1.68. The number of nitrogens with one attached hydrogen (secondary N) is 1. The molecule has 3 rings (SSSR count). The van der Waals surface area contributed by atoms with Gasteiger partial charge in [-0.25, -0.2) is 4.79 Å². The Labute approximate surface area is 144 Å². The van der Waals surface area contributed by atoms with Crippen LogP contribution in [0.25, 0.3) is 0 Å². The van der Waals surface area contributed by atoms with E-state index in [4.69, 9.17) is 14.4 Å². The molecule has 3 amide bonds. The number of benzene rings is 1. The lowest BCUT2D eigenvalue weighted by atomic mass is 9.99. The van der Waals surface area contributed by atoms with Gasteiger partial charge in [0.2, 0.25) is 0 Å². The first-order chi connectivity index (χ1) is 12.0. The molecule has 7 heteroatoms. The van der Waals surface area contributed by atoms with E-state index in [9.17, 15) is 9.59 Å². The topological polar surface area (TPSA) is 95.6 Å². The van der Waals surface area contributed by atoms with Gasteiger partial charge in [0.25, 0.3) is 5.91 Å². The summed E-state index contributed by atoms with van der Waals surface area (Å²) >= 11 is 0. The molecule has 0 aliphatic carbocycles. The summed E-state index contributed by atoms with van der Waals surface area (Å²) in [6, 6.07) is 11.7. The number of nitrogens with zero attached hydrogens (tertiary/aromatic N) is 2. The smallest absolute Gasteiger partial charge is 0.325 e. The van der Waals surface area contributed by atoms with Gasteiger partial charge in [-0.3, -0.25) is 9.69 Å². The fraction of sp³-hybridized carbons (Fsp3) is 0.278. The predicted octanol–water partition coefficient (Wildman–Crippen LogP) is 2.31. The van der Waals surface area contributed by atoms with Crippen molar-refractivity contribution in [2.75, 3.05) is 13.2 Å². The number of para-hydroxylation sites is 1. The van der Waals surface area contributed by atoms with Crippen molar-refractivity contribution in [3.63, 3.8) is 0 Å². The van der Waals surface area contributed by atoms with Crippen molar-refractivity contribution < 1.29 is 18.7 Å². The highest BCUT2D eigenvalue weighted by molar-refractivity contribution is 6.06. The molecule has 1 atom stereocenters. The van der Waals surface area contributed by atoms with Crippen molar-refractivity contribution in [3.8, 4) is 11.8 Å². The summed E-state index contributed by atoms with van der Waals surface area (Å²) in [5, 5.41) is 11.7. The molecule has 1 aliphatic rings. The first-order valence-electron chi connectivity index (χ1n) is 7.78. The maximum Gasteiger partial charge on any atom is 0.325 e. The van der Waals surface area contributed by atoms with Crippen molar-refractivity contribution in [3.05, 3.63) is 53.5 Å². The van der Waals surface area contributed by atoms with E-state index in [2.05, 4.69) is 5.32 Å². The van der Waals surface area contributed by atoms with Gasteiger partial charge in [0.05, 0.1) is 12.1 Å². The van der Waals surface area contributed by atoms with Crippen LogP contribution in [0.3, 0.4) is 0 Å². The van der Waals surface area contributed by atoms with Crippen LogP contribution in [0.2, 0.25) is 0 Å². The number of amides is 3. The van der Waals surface area contributed by atoms with Crippen LogP contribution in [0, 0.1) is 18.3 Å². The van der Waals surface area contributed by atoms with E-state index in [1.54, 1.807) is 50.2 Å². The van der Waals surface area contributed by atoms with Crippen LogP contribution in [-0.4, -0.2) is 30.0 Å². The van der Waals surface area contributed by atoms with E-state index < -0.39 is 17.5 Å². The van der Waals surface area contributed by atoms with Crippen LogP contribution < -0.4 is 10.1 Å². The van der Waals surface area contributed by atoms with E-state index >= 15 is 0 Å². The molecule has 7 nitrogen and oxygen atoms in total. The van der Waals surface area contributed by atoms with Crippen LogP contribution in [0.1, 0.15) is 24.0 Å². The van der Waals surface area contributed by atoms with Gasteiger partial charge in [0.1, 0.15) is 29.9 Å². The van der Waals surface area contributed by atoms with Gasteiger partial charge in [-0.15, -0.1) is 0 Å². The number of carbonyl (C=O) groups excluding carboxylic acids is 2.